The lowest BCUT2D eigenvalue weighted by Crippen LogP contribution is -2.42. The number of fused-ring (bicyclic) bond motifs is 2. The molecule has 0 saturated carbocycles. The maximum absolute atomic E-state index is 12.6. The van der Waals surface area contributed by atoms with Gasteiger partial charge in [-0.25, -0.2) is 4.79 Å². The van der Waals surface area contributed by atoms with Gasteiger partial charge >= 0.3 is 12.2 Å². The molecule has 1 aliphatic heterocycles. The van der Waals surface area contributed by atoms with Crippen LogP contribution in [0.2, 0.25) is 0 Å². The summed E-state index contributed by atoms with van der Waals surface area (Å²) in [6.45, 7) is 2.48. The molecular formula is C15H15F3N2O. The maximum Gasteiger partial charge on any atom is 0.406 e. The molecule has 1 aromatic carbocycles. The summed E-state index contributed by atoms with van der Waals surface area (Å²) < 4.78 is 37.9. The van der Waals surface area contributed by atoms with Crippen molar-refractivity contribution in [1.29, 1.82) is 0 Å². The maximum atomic E-state index is 12.6. The van der Waals surface area contributed by atoms with Gasteiger partial charge in [0.1, 0.15) is 12.1 Å². The quantitative estimate of drug-likeness (QED) is 0.847. The van der Waals surface area contributed by atoms with E-state index >= 15 is 0 Å². The van der Waals surface area contributed by atoms with Gasteiger partial charge in [0.15, 0.2) is 0 Å². The Balaban J connectivity index is 2.01. The Kier molecular flexibility index (Phi) is 3.00. The first-order valence-electron chi connectivity index (χ1n) is 6.78. The van der Waals surface area contributed by atoms with Gasteiger partial charge in [0, 0.05) is 5.70 Å². The predicted octanol–water partition coefficient (Wildman–Crippen LogP) is 3.32. The number of carbonyl (C=O) groups excluding carboxylic acids is 1. The van der Waals surface area contributed by atoms with Crippen molar-refractivity contribution in [3.8, 4) is 0 Å². The van der Waals surface area contributed by atoms with Crippen LogP contribution in [0.15, 0.2) is 36.5 Å². The number of nitrogens with zero attached hydrogens (tertiary/aromatic N) is 1. The molecule has 2 aliphatic rings. The third-order valence-electron chi connectivity index (χ3n) is 4.20. The minimum absolute atomic E-state index is 0.192. The van der Waals surface area contributed by atoms with Crippen LogP contribution < -0.4 is 5.32 Å². The third kappa shape index (κ3) is 2.18. The van der Waals surface area contributed by atoms with Gasteiger partial charge in [0.05, 0.1) is 0 Å². The highest BCUT2D eigenvalue weighted by atomic mass is 19.4. The number of alkyl halides is 3. The van der Waals surface area contributed by atoms with E-state index in [1.807, 2.05) is 24.3 Å². The Labute approximate surface area is 120 Å². The van der Waals surface area contributed by atoms with Crippen LogP contribution in [0, 0.1) is 0 Å². The number of aryl methyl sites for hydroxylation is 1. The smallest absolute Gasteiger partial charge is 0.323 e. The monoisotopic (exact) mass is 296 g/mol. The first-order valence-corrected chi connectivity index (χ1v) is 6.78. The number of nitrogens with one attached hydrogen (secondary N) is 1. The fourth-order valence-corrected chi connectivity index (χ4v) is 3.28. The minimum atomic E-state index is -4.44. The van der Waals surface area contributed by atoms with E-state index in [9.17, 15) is 18.0 Å². The molecule has 0 radical (unpaired) electrons. The molecule has 3 rings (SSSR count). The topological polar surface area (TPSA) is 32.3 Å². The lowest BCUT2D eigenvalue weighted by molar-refractivity contribution is -0.136. The van der Waals surface area contributed by atoms with Crippen molar-refractivity contribution in [3.05, 3.63) is 47.7 Å². The third-order valence-corrected chi connectivity index (χ3v) is 4.20. The second kappa shape index (κ2) is 4.51. The first kappa shape index (κ1) is 14.0. The normalized spacial score (nSPS) is 25.2. The van der Waals surface area contributed by atoms with E-state index in [-0.39, 0.29) is 5.70 Å². The Morgan fingerprint density at radius 2 is 2.05 bits per heavy atom. The summed E-state index contributed by atoms with van der Waals surface area (Å²) in [6, 6.07) is 6.80. The van der Waals surface area contributed by atoms with E-state index in [2.05, 4.69) is 11.9 Å². The fourth-order valence-electron chi connectivity index (χ4n) is 3.28. The molecule has 1 atom stereocenters. The van der Waals surface area contributed by atoms with Crippen molar-refractivity contribution in [2.45, 2.75) is 31.0 Å². The van der Waals surface area contributed by atoms with E-state index in [0.717, 1.165) is 24.0 Å². The van der Waals surface area contributed by atoms with Gasteiger partial charge < -0.3 is 5.32 Å². The Bertz CT molecular complexity index is 611. The molecule has 1 aliphatic carbocycles. The second-order valence-electron chi connectivity index (χ2n) is 5.49. The molecule has 21 heavy (non-hydrogen) atoms. The number of hydrogen-bond acceptors (Lipinski definition) is 1. The summed E-state index contributed by atoms with van der Waals surface area (Å²) in [5.41, 5.74) is 1.22. The van der Waals surface area contributed by atoms with E-state index in [0.29, 0.717) is 11.3 Å². The highest BCUT2D eigenvalue weighted by Crippen LogP contribution is 2.45. The van der Waals surface area contributed by atoms with Gasteiger partial charge in [0.2, 0.25) is 0 Å². The largest absolute Gasteiger partial charge is 0.406 e. The molecule has 6 heteroatoms. The SMILES string of the molecule is C=C1N(CC(F)(F)F)C(=O)NC12CCCc1ccccc12. The Morgan fingerprint density at radius 1 is 1.33 bits per heavy atom. The van der Waals surface area contributed by atoms with Crippen molar-refractivity contribution < 1.29 is 18.0 Å². The fraction of sp³-hybridized carbons (Fsp3) is 0.400. The van der Waals surface area contributed by atoms with Gasteiger partial charge in [-0.3, -0.25) is 4.90 Å². The van der Waals surface area contributed by atoms with E-state index in [1.54, 1.807) is 0 Å². The van der Waals surface area contributed by atoms with Gasteiger partial charge in [-0.1, -0.05) is 30.8 Å². The van der Waals surface area contributed by atoms with E-state index in [4.69, 9.17) is 0 Å². The number of carbonyl (C=O) groups is 1. The zero-order chi connectivity index (χ0) is 15.3. The first-order chi connectivity index (χ1) is 9.83. The zero-order valence-corrected chi connectivity index (χ0v) is 11.3. The van der Waals surface area contributed by atoms with Crippen molar-refractivity contribution in [3.63, 3.8) is 0 Å². The lowest BCUT2D eigenvalue weighted by Gasteiger charge is -2.36. The molecule has 1 saturated heterocycles. The number of amides is 2. The number of hydrogen-bond donors (Lipinski definition) is 1. The Morgan fingerprint density at radius 3 is 2.76 bits per heavy atom. The predicted molar refractivity (Wildman–Crippen MR) is 71.5 cm³/mol. The van der Waals surface area contributed by atoms with Gasteiger partial charge in [0.25, 0.3) is 0 Å². The van der Waals surface area contributed by atoms with Crippen LogP contribution in [-0.4, -0.2) is 23.7 Å². The van der Waals surface area contributed by atoms with Gasteiger partial charge in [-0.15, -0.1) is 0 Å². The molecule has 0 bridgehead atoms. The lowest BCUT2D eigenvalue weighted by atomic mass is 9.75. The number of halogens is 3. The summed E-state index contributed by atoms with van der Waals surface area (Å²) >= 11 is 0. The summed E-state index contributed by atoms with van der Waals surface area (Å²) in [5.74, 6) is 0. The van der Waals surface area contributed by atoms with Crippen LogP contribution >= 0.6 is 0 Å². The summed E-state index contributed by atoms with van der Waals surface area (Å²) in [7, 11) is 0. The van der Waals surface area contributed by atoms with Crippen molar-refractivity contribution in [2.75, 3.05) is 6.54 Å². The molecule has 1 heterocycles. The average Bonchev–Trinajstić information content (AvgIpc) is 2.63. The standard InChI is InChI=1S/C15H15F3N2O/c1-10-14(19-13(21)20(10)9-15(16,17)18)8-4-6-11-5-2-3-7-12(11)14/h2-3,5,7H,1,4,6,8-9H2,(H,19,21). The molecule has 2 amide bonds. The molecule has 0 aromatic heterocycles. The summed E-state index contributed by atoms with van der Waals surface area (Å²) in [5, 5.41) is 2.74. The van der Waals surface area contributed by atoms with Crippen LogP contribution in [0.25, 0.3) is 0 Å². The van der Waals surface area contributed by atoms with Crippen molar-refractivity contribution in [1.82, 2.24) is 10.2 Å². The molecular weight excluding hydrogens is 281 g/mol. The molecule has 112 valence electrons. The summed E-state index contributed by atoms with van der Waals surface area (Å²) in [6.07, 6.45) is -2.21. The highest BCUT2D eigenvalue weighted by Gasteiger charge is 2.51. The van der Waals surface area contributed by atoms with Crippen LogP contribution in [0.3, 0.4) is 0 Å². The molecule has 1 fully saturated rings. The number of benzene rings is 1. The molecule has 3 nitrogen and oxygen atoms in total. The van der Waals surface area contributed by atoms with Gasteiger partial charge in [-0.05, 0) is 30.4 Å². The van der Waals surface area contributed by atoms with Crippen LogP contribution in [0.5, 0.6) is 0 Å². The molecule has 1 spiro atoms. The average molecular weight is 296 g/mol. The van der Waals surface area contributed by atoms with Crippen LogP contribution in [0.4, 0.5) is 18.0 Å². The number of rotatable bonds is 1. The highest BCUT2D eigenvalue weighted by molar-refractivity contribution is 5.83. The van der Waals surface area contributed by atoms with Crippen molar-refractivity contribution in [2.24, 2.45) is 0 Å². The van der Waals surface area contributed by atoms with Crippen LogP contribution in [-0.2, 0) is 12.0 Å². The van der Waals surface area contributed by atoms with E-state index in [1.165, 1.54) is 0 Å². The van der Waals surface area contributed by atoms with Gasteiger partial charge in [-0.2, -0.15) is 13.2 Å². The van der Waals surface area contributed by atoms with Crippen molar-refractivity contribution >= 4 is 6.03 Å². The van der Waals surface area contributed by atoms with E-state index < -0.39 is 24.3 Å². The number of urea groups is 1. The van der Waals surface area contributed by atoms with Crippen LogP contribution in [0.1, 0.15) is 24.0 Å². The minimum Gasteiger partial charge on any atom is -0.323 e. The second-order valence-corrected chi connectivity index (χ2v) is 5.49. The Hall–Kier alpha value is -1.98. The summed E-state index contributed by atoms with van der Waals surface area (Å²) in [4.78, 5) is 12.7. The zero-order valence-electron chi connectivity index (χ0n) is 11.3. The molecule has 1 aromatic rings. The molecule has 1 unspecified atom stereocenters. The molecule has 1 N–H and O–H groups in total.